The Morgan fingerprint density at radius 2 is 1.69 bits per heavy atom. The summed E-state index contributed by atoms with van der Waals surface area (Å²) in [4.78, 5) is 20.9. The van der Waals surface area contributed by atoms with Crippen molar-refractivity contribution in [3.8, 4) is 5.75 Å². The van der Waals surface area contributed by atoms with Crippen molar-refractivity contribution in [2.45, 2.75) is 0 Å². The monoisotopic (exact) mass is 456 g/mol. The van der Waals surface area contributed by atoms with Crippen molar-refractivity contribution in [3.05, 3.63) is 54.1 Å². The Bertz CT molecular complexity index is 1250. The van der Waals surface area contributed by atoms with Crippen LogP contribution in [0.2, 0.25) is 0 Å². The lowest BCUT2D eigenvalue weighted by atomic mass is 10.1. The zero-order chi connectivity index (χ0) is 22.9. The van der Waals surface area contributed by atoms with Gasteiger partial charge in [-0.05, 0) is 48.5 Å². The fourth-order valence-electron chi connectivity index (χ4n) is 3.82. The first kappa shape index (κ1) is 21.7. The molecule has 168 valence electrons. The Kier molecular flexibility index (Phi) is 5.79. The minimum atomic E-state index is -3.47. The summed E-state index contributed by atoms with van der Waals surface area (Å²) in [5.74, 6) is 0.309. The minimum absolute atomic E-state index is 0.0831. The van der Waals surface area contributed by atoms with Gasteiger partial charge in [0.2, 0.25) is 10.0 Å². The van der Waals surface area contributed by atoms with E-state index >= 15 is 0 Å². The SMILES string of the molecule is COc1ccc(N2CCN(c3cc(C(=O)O)c4cc(NS(C)(=O)=O)ccc4n3)CC2)cc1. The molecule has 1 aromatic heterocycles. The van der Waals surface area contributed by atoms with Crippen molar-refractivity contribution in [1.29, 1.82) is 0 Å². The number of pyridine rings is 1. The maximum Gasteiger partial charge on any atom is 0.336 e. The van der Waals surface area contributed by atoms with Gasteiger partial charge < -0.3 is 19.6 Å². The number of anilines is 3. The number of carbonyl (C=O) groups is 1. The average Bonchev–Trinajstić information content (AvgIpc) is 2.77. The zero-order valence-electron chi connectivity index (χ0n) is 17.8. The van der Waals surface area contributed by atoms with Gasteiger partial charge in [-0.15, -0.1) is 0 Å². The van der Waals surface area contributed by atoms with Gasteiger partial charge in [-0.2, -0.15) is 0 Å². The third-order valence-electron chi connectivity index (χ3n) is 5.37. The average molecular weight is 457 g/mol. The van der Waals surface area contributed by atoms with E-state index in [1.54, 1.807) is 25.3 Å². The van der Waals surface area contributed by atoms with E-state index in [9.17, 15) is 18.3 Å². The molecule has 2 aromatic carbocycles. The molecule has 0 amide bonds. The summed E-state index contributed by atoms with van der Waals surface area (Å²) >= 11 is 0. The number of ether oxygens (including phenoxy) is 1. The van der Waals surface area contributed by atoms with E-state index in [2.05, 4.69) is 19.5 Å². The molecule has 0 aliphatic carbocycles. The first-order valence-electron chi connectivity index (χ1n) is 10.0. The van der Waals surface area contributed by atoms with E-state index in [-0.39, 0.29) is 5.56 Å². The predicted molar refractivity (Wildman–Crippen MR) is 125 cm³/mol. The number of rotatable bonds is 6. The highest BCUT2D eigenvalue weighted by Gasteiger charge is 2.21. The molecule has 4 rings (SSSR count). The second-order valence-corrected chi connectivity index (χ2v) is 9.36. The zero-order valence-corrected chi connectivity index (χ0v) is 18.6. The number of fused-ring (bicyclic) bond motifs is 1. The summed E-state index contributed by atoms with van der Waals surface area (Å²) in [5.41, 5.74) is 1.98. The molecule has 3 aromatic rings. The molecule has 1 aliphatic heterocycles. The molecule has 0 bridgehead atoms. The van der Waals surface area contributed by atoms with Crippen LogP contribution in [0, 0.1) is 0 Å². The lowest BCUT2D eigenvalue weighted by molar-refractivity contribution is 0.0699. The lowest BCUT2D eigenvalue weighted by Crippen LogP contribution is -2.46. The van der Waals surface area contributed by atoms with Crippen molar-refractivity contribution >= 4 is 44.1 Å². The van der Waals surface area contributed by atoms with E-state index < -0.39 is 16.0 Å². The third-order valence-corrected chi connectivity index (χ3v) is 5.98. The lowest BCUT2D eigenvalue weighted by Gasteiger charge is -2.37. The standard InChI is InChI=1S/C22H24N4O5S/c1-31-17-6-4-16(5-7-17)25-9-11-26(12-10-25)21-14-19(22(27)28)18-13-15(24-32(2,29)30)3-8-20(18)23-21/h3-8,13-14,24H,9-12H2,1-2H3,(H,27,28). The predicted octanol–water partition coefficient (Wildman–Crippen LogP) is 2.64. The molecule has 0 saturated carbocycles. The van der Waals surface area contributed by atoms with Crippen LogP contribution in [0.4, 0.5) is 17.2 Å². The molecule has 1 saturated heterocycles. The van der Waals surface area contributed by atoms with E-state index in [1.165, 1.54) is 6.07 Å². The van der Waals surface area contributed by atoms with Crippen molar-refractivity contribution < 1.29 is 23.1 Å². The number of hydrogen-bond donors (Lipinski definition) is 2. The molecule has 0 atom stereocenters. The van der Waals surface area contributed by atoms with Crippen LogP contribution in [0.3, 0.4) is 0 Å². The molecule has 32 heavy (non-hydrogen) atoms. The number of benzene rings is 2. The largest absolute Gasteiger partial charge is 0.497 e. The molecule has 0 spiro atoms. The van der Waals surface area contributed by atoms with Gasteiger partial charge in [0, 0.05) is 42.9 Å². The summed E-state index contributed by atoms with van der Waals surface area (Å²) in [6, 6.07) is 14.2. The van der Waals surface area contributed by atoms with Gasteiger partial charge in [0.05, 0.1) is 24.4 Å². The summed E-state index contributed by atoms with van der Waals surface area (Å²) in [7, 11) is -1.84. The number of nitrogens with zero attached hydrogens (tertiary/aromatic N) is 3. The molecular formula is C22H24N4O5S. The number of aromatic carboxylic acids is 1. The van der Waals surface area contributed by atoms with Gasteiger partial charge in [0.1, 0.15) is 11.6 Å². The Balaban J connectivity index is 1.58. The van der Waals surface area contributed by atoms with E-state index in [4.69, 9.17) is 4.74 Å². The Morgan fingerprint density at radius 3 is 2.28 bits per heavy atom. The molecule has 1 fully saturated rings. The van der Waals surface area contributed by atoms with E-state index in [1.807, 2.05) is 24.3 Å². The number of methoxy groups -OCH3 is 1. The number of sulfonamides is 1. The summed E-state index contributed by atoms with van der Waals surface area (Å²) in [6.07, 6.45) is 1.04. The molecular weight excluding hydrogens is 432 g/mol. The number of piperazine rings is 1. The number of nitrogens with one attached hydrogen (secondary N) is 1. The highest BCUT2D eigenvalue weighted by atomic mass is 32.2. The van der Waals surface area contributed by atoms with Gasteiger partial charge in [-0.25, -0.2) is 18.2 Å². The molecule has 2 N–H and O–H groups in total. The van der Waals surface area contributed by atoms with Crippen LogP contribution >= 0.6 is 0 Å². The number of carboxylic acid groups (broad SMARTS) is 1. The van der Waals surface area contributed by atoms with Crippen LogP contribution in [-0.2, 0) is 10.0 Å². The number of hydrogen-bond acceptors (Lipinski definition) is 7. The quantitative estimate of drug-likeness (QED) is 0.582. The van der Waals surface area contributed by atoms with Gasteiger partial charge in [-0.3, -0.25) is 4.72 Å². The van der Waals surface area contributed by atoms with Crippen LogP contribution in [0.15, 0.2) is 48.5 Å². The van der Waals surface area contributed by atoms with Crippen LogP contribution in [0.5, 0.6) is 5.75 Å². The third kappa shape index (κ3) is 4.70. The summed E-state index contributed by atoms with van der Waals surface area (Å²) in [6.45, 7) is 2.92. The molecule has 1 aliphatic rings. The van der Waals surface area contributed by atoms with Crippen molar-refractivity contribution in [2.24, 2.45) is 0 Å². The topological polar surface area (TPSA) is 112 Å². The number of aromatic nitrogens is 1. The second-order valence-electron chi connectivity index (χ2n) is 7.61. The summed E-state index contributed by atoms with van der Waals surface area (Å²) in [5, 5.41) is 10.1. The van der Waals surface area contributed by atoms with E-state index in [0.29, 0.717) is 35.5 Å². The Hall–Kier alpha value is -3.53. The highest BCUT2D eigenvalue weighted by Crippen LogP contribution is 2.28. The highest BCUT2D eigenvalue weighted by molar-refractivity contribution is 7.92. The fourth-order valence-corrected chi connectivity index (χ4v) is 4.37. The van der Waals surface area contributed by atoms with Crippen LogP contribution in [0.25, 0.3) is 10.9 Å². The molecule has 2 heterocycles. The van der Waals surface area contributed by atoms with Gasteiger partial charge in [0.15, 0.2) is 0 Å². The maximum absolute atomic E-state index is 11.9. The van der Waals surface area contributed by atoms with Gasteiger partial charge in [-0.1, -0.05) is 0 Å². The molecule has 0 unspecified atom stereocenters. The van der Waals surface area contributed by atoms with Crippen LogP contribution in [-0.4, -0.2) is 64.0 Å². The van der Waals surface area contributed by atoms with Crippen molar-refractivity contribution in [3.63, 3.8) is 0 Å². The first-order valence-corrected chi connectivity index (χ1v) is 11.9. The van der Waals surface area contributed by atoms with E-state index in [0.717, 1.165) is 30.8 Å². The second kappa shape index (κ2) is 8.54. The van der Waals surface area contributed by atoms with Crippen molar-refractivity contribution in [2.75, 3.05) is 54.1 Å². The molecule has 0 radical (unpaired) electrons. The van der Waals surface area contributed by atoms with Gasteiger partial charge >= 0.3 is 5.97 Å². The van der Waals surface area contributed by atoms with Crippen molar-refractivity contribution in [1.82, 2.24) is 4.98 Å². The summed E-state index contributed by atoms with van der Waals surface area (Å²) < 4.78 is 30.6. The molecule has 10 heteroatoms. The maximum atomic E-state index is 11.9. The smallest absolute Gasteiger partial charge is 0.336 e. The minimum Gasteiger partial charge on any atom is -0.497 e. The fraction of sp³-hybridized carbons (Fsp3) is 0.273. The van der Waals surface area contributed by atoms with Crippen LogP contribution in [0.1, 0.15) is 10.4 Å². The number of carboxylic acids is 1. The Labute approximate surface area is 186 Å². The Morgan fingerprint density at radius 1 is 1.03 bits per heavy atom. The van der Waals surface area contributed by atoms with Crippen LogP contribution < -0.4 is 19.3 Å². The first-order chi connectivity index (χ1) is 15.2. The van der Waals surface area contributed by atoms with Gasteiger partial charge in [0.25, 0.3) is 0 Å². The molecule has 9 nitrogen and oxygen atoms in total. The normalized spacial score (nSPS) is 14.4.